The molecule has 2 aromatic carbocycles. The fourth-order valence-corrected chi connectivity index (χ4v) is 5.12. The Morgan fingerprint density at radius 3 is 2.69 bits per heavy atom. The van der Waals surface area contributed by atoms with Crippen LogP contribution < -0.4 is 10.1 Å². The Morgan fingerprint density at radius 1 is 1.17 bits per heavy atom. The first-order valence-electron chi connectivity index (χ1n) is 8.51. The van der Waals surface area contributed by atoms with Gasteiger partial charge in [0.1, 0.15) is 10.8 Å². The van der Waals surface area contributed by atoms with Crippen molar-refractivity contribution < 1.29 is 9.53 Å². The van der Waals surface area contributed by atoms with Gasteiger partial charge in [0.15, 0.2) is 5.82 Å². The summed E-state index contributed by atoms with van der Waals surface area (Å²) in [5.74, 6) is 0.942. The summed E-state index contributed by atoms with van der Waals surface area (Å²) < 4.78 is 8.58. The molecule has 2 heterocycles. The van der Waals surface area contributed by atoms with Gasteiger partial charge in [0, 0.05) is 15.7 Å². The maximum atomic E-state index is 13.0. The van der Waals surface area contributed by atoms with Gasteiger partial charge in [0.2, 0.25) is 4.96 Å². The van der Waals surface area contributed by atoms with Crippen LogP contribution in [-0.4, -0.2) is 32.8 Å². The molecule has 1 amide bonds. The summed E-state index contributed by atoms with van der Waals surface area (Å²) in [6, 6.07) is 9.39. The average molecular weight is 537 g/mol. The molecule has 7 nitrogen and oxygen atoms in total. The number of fused-ring (bicyclic) bond motifs is 1. The van der Waals surface area contributed by atoms with Crippen LogP contribution in [0.5, 0.6) is 5.75 Å². The average Bonchev–Trinajstić information content (AvgIpc) is 3.25. The van der Waals surface area contributed by atoms with Gasteiger partial charge in [-0.05, 0) is 53.5 Å². The molecule has 2 aromatic heterocycles. The fourth-order valence-electron chi connectivity index (χ4n) is 2.85. The molecule has 0 saturated heterocycles. The molecule has 4 rings (SSSR count). The molecule has 10 heteroatoms. The largest absolute Gasteiger partial charge is 0.495 e. The van der Waals surface area contributed by atoms with Crippen LogP contribution in [0.4, 0.5) is 5.69 Å². The van der Waals surface area contributed by atoms with Crippen molar-refractivity contribution in [2.24, 2.45) is 0 Å². The molecule has 0 spiro atoms. The van der Waals surface area contributed by atoms with E-state index in [4.69, 9.17) is 4.74 Å². The Morgan fingerprint density at radius 2 is 1.97 bits per heavy atom. The van der Waals surface area contributed by atoms with Gasteiger partial charge in [0.25, 0.3) is 5.91 Å². The Balaban J connectivity index is 1.69. The predicted octanol–water partition coefficient (Wildman–Crippen LogP) is 5.26. The monoisotopic (exact) mass is 535 g/mol. The van der Waals surface area contributed by atoms with E-state index in [2.05, 4.69) is 52.5 Å². The lowest BCUT2D eigenvalue weighted by Gasteiger charge is -2.13. The minimum atomic E-state index is -0.266. The number of methoxy groups -OCH3 is 1. The summed E-state index contributed by atoms with van der Waals surface area (Å²) in [5.41, 5.74) is 2.96. The van der Waals surface area contributed by atoms with E-state index < -0.39 is 0 Å². The van der Waals surface area contributed by atoms with E-state index >= 15 is 0 Å². The second-order valence-electron chi connectivity index (χ2n) is 6.30. The first-order chi connectivity index (χ1) is 13.9. The summed E-state index contributed by atoms with van der Waals surface area (Å²) in [6.45, 7) is 3.80. The maximum absolute atomic E-state index is 13.0. The summed E-state index contributed by atoms with van der Waals surface area (Å²) in [4.78, 5) is 13.7. The van der Waals surface area contributed by atoms with Gasteiger partial charge in [-0.1, -0.05) is 39.4 Å². The summed E-state index contributed by atoms with van der Waals surface area (Å²) in [6.07, 6.45) is 0. The zero-order valence-corrected chi connectivity index (χ0v) is 19.6. The Bertz CT molecular complexity index is 1250. The van der Waals surface area contributed by atoms with Crippen LogP contribution in [0.1, 0.15) is 21.7 Å². The number of aromatic nitrogens is 4. The number of amides is 1. The lowest BCUT2D eigenvalue weighted by atomic mass is 10.1. The van der Waals surface area contributed by atoms with Gasteiger partial charge in [-0.15, -0.1) is 10.2 Å². The molecule has 0 aliphatic rings. The molecule has 0 saturated carbocycles. The molecule has 29 heavy (non-hydrogen) atoms. The molecule has 0 fully saturated rings. The van der Waals surface area contributed by atoms with Crippen molar-refractivity contribution >= 4 is 59.8 Å². The highest BCUT2D eigenvalue weighted by Crippen LogP contribution is 2.34. The van der Waals surface area contributed by atoms with E-state index in [1.54, 1.807) is 10.6 Å². The smallest absolute Gasteiger partial charge is 0.259 e. The highest BCUT2D eigenvalue weighted by molar-refractivity contribution is 9.11. The third-order valence-electron chi connectivity index (χ3n) is 4.34. The van der Waals surface area contributed by atoms with E-state index in [0.717, 1.165) is 31.4 Å². The number of nitrogens with zero attached hydrogens (tertiary/aromatic N) is 4. The quantitative estimate of drug-likeness (QED) is 0.385. The molecule has 1 N–H and O–H groups in total. The second kappa shape index (κ2) is 7.85. The van der Waals surface area contributed by atoms with E-state index in [1.165, 1.54) is 18.4 Å². The van der Waals surface area contributed by atoms with E-state index in [9.17, 15) is 4.79 Å². The molecular formula is C19H15Br2N5O2S. The molecule has 4 aromatic rings. The minimum Gasteiger partial charge on any atom is -0.495 e. The lowest BCUT2D eigenvalue weighted by molar-refractivity contribution is 0.102. The van der Waals surface area contributed by atoms with Gasteiger partial charge in [-0.3, -0.25) is 4.79 Å². The van der Waals surface area contributed by atoms with Gasteiger partial charge >= 0.3 is 0 Å². The SMILES string of the molecule is COc1c(Br)cc(Br)cc1C(=O)Nc1cc(-c2nn3c(C)nnc3s2)ccc1C. The highest BCUT2D eigenvalue weighted by Gasteiger charge is 2.18. The lowest BCUT2D eigenvalue weighted by Crippen LogP contribution is -2.14. The van der Waals surface area contributed by atoms with Crippen molar-refractivity contribution in [1.82, 2.24) is 19.8 Å². The number of ether oxygens (including phenoxy) is 1. The second-order valence-corrected chi connectivity index (χ2v) is 9.03. The summed E-state index contributed by atoms with van der Waals surface area (Å²) in [7, 11) is 1.53. The number of rotatable bonds is 4. The highest BCUT2D eigenvalue weighted by atomic mass is 79.9. The Hall–Kier alpha value is -2.30. The molecule has 148 valence electrons. The van der Waals surface area contributed by atoms with Crippen LogP contribution in [0.25, 0.3) is 15.5 Å². The number of carbonyl (C=O) groups excluding carboxylic acids is 1. The van der Waals surface area contributed by atoms with E-state index in [1.807, 2.05) is 38.1 Å². The Labute approximate surface area is 187 Å². The number of carbonyl (C=O) groups is 1. The summed E-state index contributed by atoms with van der Waals surface area (Å²) >= 11 is 8.30. The third kappa shape index (κ3) is 3.79. The van der Waals surface area contributed by atoms with Crippen LogP contribution in [-0.2, 0) is 0 Å². The molecule has 0 unspecified atom stereocenters. The first kappa shape index (κ1) is 20.0. The van der Waals surface area contributed by atoms with Gasteiger partial charge in [0.05, 0.1) is 17.1 Å². The normalized spacial score (nSPS) is 11.1. The van der Waals surface area contributed by atoms with Gasteiger partial charge in [-0.25, -0.2) is 0 Å². The zero-order chi connectivity index (χ0) is 20.7. The van der Waals surface area contributed by atoms with Crippen molar-refractivity contribution in [3.8, 4) is 16.3 Å². The van der Waals surface area contributed by atoms with Crippen LogP contribution >= 0.6 is 43.2 Å². The zero-order valence-electron chi connectivity index (χ0n) is 15.7. The maximum Gasteiger partial charge on any atom is 0.259 e. The van der Waals surface area contributed by atoms with Crippen LogP contribution in [0.2, 0.25) is 0 Å². The number of hydrogen-bond acceptors (Lipinski definition) is 6. The molecule has 0 radical (unpaired) electrons. The van der Waals surface area contributed by atoms with Gasteiger partial charge in [-0.2, -0.15) is 9.61 Å². The van der Waals surface area contributed by atoms with Crippen LogP contribution in [0.3, 0.4) is 0 Å². The van der Waals surface area contributed by atoms with Crippen molar-refractivity contribution in [3.05, 3.63) is 56.2 Å². The predicted molar refractivity (Wildman–Crippen MR) is 120 cm³/mol. The third-order valence-corrected chi connectivity index (χ3v) is 6.33. The van der Waals surface area contributed by atoms with Crippen LogP contribution in [0, 0.1) is 13.8 Å². The Kier molecular flexibility index (Phi) is 5.41. The fraction of sp³-hybridized carbons (Fsp3) is 0.158. The van der Waals surface area contributed by atoms with Gasteiger partial charge < -0.3 is 10.1 Å². The number of hydrogen-bond donors (Lipinski definition) is 1. The molecule has 0 bridgehead atoms. The number of anilines is 1. The van der Waals surface area contributed by atoms with Crippen LogP contribution in [0.15, 0.2) is 39.3 Å². The van der Waals surface area contributed by atoms with Crippen molar-refractivity contribution in [2.75, 3.05) is 12.4 Å². The molecule has 0 atom stereocenters. The number of halogens is 2. The van der Waals surface area contributed by atoms with Crippen molar-refractivity contribution in [3.63, 3.8) is 0 Å². The molecule has 0 aliphatic carbocycles. The standard InChI is InChI=1S/C19H15Br2N5O2S/c1-9-4-5-11(18-25-26-10(2)23-24-19(26)29-18)6-15(9)22-17(27)13-7-12(20)8-14(21)16(13)28-3/h4-8H,1-3H3,(H,22,27). The van der Waals surface area contributed by atoms with E-state index in [0.29, 0.717) is 21.5 Å². The van der Waals surface area contributed by atoms with Crippen molar-refractivity contribution in [1.29, 1.82) is 0 Å². The molecular weight excluding hydrogens is 522 g/mol. The minimum absolute atomic E-state index is 0.266. The van der Waals surface area contributed by atoms with Crippen molar-refractivity contribution in [2.45, 2.75) is 13.8 Å². The molecule has 0 aliphatic heterocycles. The van der Waals surface area contributed by atoms with E-state index in [-0.39, 0.29) is 5.91 Å². The number of nitrogens with one attached hydrogen (secondary N) is 1. The topological polar surface area (TPSA) is 81.4 Å². The number of benzene rings is 2. The first-order valence-corrected chi connectivity index (χ1v) is 10.9. The number of aryl methyl sites for hydroxylation is 2. The summed E-state index contributed by atoms with van der Waals surface area (Å²) in [5, 5.41) is 16.5.